The van der Waals surface area contributed by atoms with Crippen LogP contribution in [0.1, 0.15) is 28.4 Å². The van der Waals surface area contributed by atoms with Crippen molar-refractivity contribution in [2.24, 2.45) is 0 Å². The Morgan fingerprint density at radius 2 is 2.09 bits per heavy atom. The van der Waals surface area contributed by atoms with Crippen molar-refractivity contribution in [3.05, 3.63) is 68.7 Å². The van der Waals surface area contributed by atoms with E-state index < -0.39 is 4.92 Å². The lowest BCUT2D eigenvalue weighted by Crippen LogP contribution is -2.30. The summed E-state index contributed by atoms with van der Waals surface area (Å²) in [6, 6.07) is 11.8. The van der Waals surface area contributed by atoms with Crippen LogP contribution in [0.3, 0.4) is 0 Å². The van der Waals surface area contributed by atoms with E-state index in [4.69, 9.17) is 11.6 Å². The van der Waals surface area contributed by atoms with E-state index in [2.05, 4.69) is 5.32 Å². The number of hydrogen-bond acceptors (Lipinski definition) is 4. The van der Waals surface area contributed by atoms with E-state index in [1.165, 1.54) is 23.1 Å². The van der Waals surface area contributed by atoms with Crippen LogP contribution in [0.5, 0.6) is 0 Å². The predicted molar refractivity (Wildman–Crippen MR) is 90.1 cm³/mol. The molecule has 2 aromatic carbocycles. The first-order valence-corrected chi connectivity index (χ1v) is 8.39. The number of carbonyl (C=O) groups is 1. The molecule has 0 fully saturated rings. The van der Waals surface area contributed by atoms with Gasteiger partial charge in [-0.2, -0.15) is 0 Å². The van der Waals surface area contributed by atoms with Gasteiger partial charge < -0.3 is 5.32 Å². The third kappa shape index (κ3) is 3.33. The van der Waals surface area contributed by atoms with E-state index >= 15 is 0 Å². The van der Waals surface area contributed by atoms with Gasteiger partial charge in [-0.25, -0.2) is 0 Å². The Morgan fingerprint density at radius 1 is 1.30 bits per heavy atom. The molecule has 0 radical (unpaired) electrons. The molecule has 3 rings (SSSR count). The number of nitro groups is 1. The molecular formula is C16H13ClN2O3S. The lowest BCUT2D eigenvalue weighted by atomic mass is 10.0. The van der Waals surface area contributed by atoms with Crippen LogP contribution in [0.15, 0.2) is 47.4 Å². The van der Waals surface area contributed by atoms with Crippen LogP contribution in [0.4, 0.5) is 5.69 Å². The number of halogens is 1. The highest BCUT2D eigenvalue weighted by Gasteiger charge is 2.23. The lowest BCUT2D eigenvalue weighted by Gasteiger charge is -2.26. The Bertz CT molecular complexity index is 782. The van der Waals surface area contributed by atoms with Crippen molar-refractivity contribution >= 4 is 35.0 Å². The number of non-ortho nitro benzene ring substituents is 1. The minimum atomic E-state index is -0.540. The smallest absolute Gasteiger partial charge is 0.270 e. The molecule has 1 heterocycles. The number of hydrogen-bond donors (Lipinski definition) is 1. The Kier molecular flexibility index (Phi) is 4.54. The number of benzene rings is 2. The summed E-state index contributed by atoms with van der Waals surface area (Å²) in [6.45, 7) is 0. The van der Waals surface area contributed by atoms with E-state index in [0.29, 0.717) is 0 Å². The number of nitro benzene ring substituents is 1. The fraction of sp³-hybridized carbons (Fsp3) is 0.188. The van der Waals surface area contributed by atoms with Gasteiger partial charge >= 0.3 is 0 Å². The van der Waals surface area contributed by atoms with Gasteiger partial charge in [0.1, 0.15) is 0 Å². The number of nitrogens with one attached hydrogen (secondary N) is 1. The molecular weight excluding hydrogens is 336 g/mol. The van der Waals surface area contributed by atoms with Gasteiger partial charge in [-0.05, 0) is 24.1 Å². The number of thioether (sulfide) groups is 1. The van der Waals surface area contributed by atoms with Crippen molar-refractivity contribution in [1.82, 2.24) is 5.32 Å². The van der Waals surface area contributed by atoms with Crippen LogP contribution in [0, 0.1) is 10.1 Å². The maximum atomic E-state index is 12.5. The van der Waals surface area contributed by atoms with Crippen LogP contribution >= 0.6 is 23.4 Å². The summed E-state index contributed by atoms with van der Waals surface area (Å²) in [4.78, 5) is 23.8. The van der Waals surface area contributed by atoms with Gasteiger partial charge in [0.25, 0.3) is 11.6 Å². The summed E-state index contributed by atoms with van der Waals surface area (Å²) in [6.07, 6.45) is 0.831. The van der Waals surface area contributed by atoms with E-state index in [9.17, 15) is 14.9 Å². The zero-order valence-corrected chi connectivity index (χ0v) is 13.6. The van der Waals surface area contributed by atoms with Crippen molar-refractivity contribution in [2.45, 2.75) is 17.4 Å². The molecule has 5 nitrogen and oxygen atoms in total. The van der Waals surface area contributed by atoms with Gasteiger partial charge in [0.15, 0.2) is 0 Å². The molecule has 0 saturated heterocycles. The Labute approximate surface area is 142 Å². The molecule has 1 atom stereocenters. The normalized spacial score (nSPS) is 16.5. The van der Waals surface area contributed by atoms with Crippen LogP contribution < -0.4 is 5.32 Å². The van der Waals surface area contributed by atoms with Gasteiger partial charge in [-0.15, -0.1) is 11.8 Å². The molecule has 0 unspecified atom stereocenters. The predicted octanol–water partition coefficient (Wildman–Crippen LogP) is 4.22. The molecule has 1 amide bonds. The van der Waals surface area contributed by atoms with Crippen LogP contribution in [-0.2, 0) is 0 Å². The highest BCUT2D eigenvalue weighted by Crippen LogP contribution is 2.36. The molecule has 0 bridgehead atoms. The molecule has 118 valence electrons. The van der Waals surface area contributed by atoms with Crippen LogP contribution in [-0.4, -0.2) is 16.6 Å². The number of fused-ring (bicyclic) bond motifs is 1. The van der Waals surface area contributed by atoms with Gasteiger partial charge in [0.2, 0.25) is 0 Å². The third-order valence-electron chi connectivity index (χ3n) is 3.67. The average molecular weight is 349 g/mol. The zero-order valence-electron chi connectivity index (χ0n) is 12.0. The van der Waals surface area contributed by atoms with Gasteiger partial charge in [-0.1, -0.05) is 29.8 Å². The Hall–Kier alpha value is -2.05. The van der Waals surface area contributed by atoms with Crippen LogP contribution in [0.25, 0.3) is 0 Å². The monoisotopic (exact) mass is 348 g/mol. The second-order valence-electron chi connectivity index (χ2n) is 5.12. The van der Waals surface area contributed by atoms with Crippen molar-refractivity contribution in [3.8, 4) is 0 Å². The standard InChI is InChI=1S/C16H13ClN2O3S/c17-13-9-10(19(21)22)5-6-11(13)16(20)18-14-7-8-23-15-4-2-1-3-12(14)15/h1-6,9,14H,7-8H2,(H,18,20)/t14-/m1/s1. The summed E-state index contributed by atoms with van der Waals surface area (Å²) in [5, 5.41) is 13.8. The first-order chi connectivity index (χ1) is 11.1. The topological polar surface area (TPSA) is 72.2 Å². The second kappa shape index (κ2) is 6.60. The SMILES string of the molecule is O=C(N[C@@H]1CCSc2ccccc21)c1ccc([N+](=O)[O-])cc1Cl. The fourth-order valence-electron chi connectivity index (χ4n) is 2.53. The number of rotatable bonds is 3. The van der Waals surface area contributed by atoms with E-state index in [1.54, 1.807) is 11.8 Å². The summed E-state index contributed by atoms with van der Waals surface area (Å²) < 4.78 is 0. The number of nitrogens with zero attached hydrogens (tertiary/aromatic N) is 1. The quantitative estimate of drug-likeness (QED) is 0.666. The largest absolute Gasteiger partial charge is 0.345 e. The van der Waals surface area contributed by atoms with Gasteiger partial charge in [-0.3, -0.25) is 14.9 Å². The molecule has 23 heavy (non-hydrogen) atoms. The lowest BCUT2D eigenvalue weighted by molar-refractivity contribution is -0.384. The summed E-state index contributed by atoms with van der Waals surface area (Å²) in [5.41, 5.74) is 1.20. The third-order valence-corrected chi connectivity index (χ3v) is 5.11. The van der Waals surface area contributed by atoms with E-state index in [0.717, 1.165) is 17.7 Å². The summed E-state index contributed by atoms with van der Waals surface area (Å²) in [7, 11) is 0. The minimum absolute atomic E-state index is 0.0776. The Morgan fingerprint density at radius 3 is 2.83 bits per heavy atom. The second-order valence-corrected chi connectivity index (χ2v) is 6.67. The highest BCUT2D eigenvalue weighted by atomic mass is 35.5. The molecule has 0 aliphatic carbocycles. The molecule has 7 heteroatoms. The Balaban J connectivity index is 1.82. The average Bonchev–Trinajstić information content (AvgIpc) is 2.55. The molecule has 0 saturated carbocycles. The minimum Gasteiger partial charge on any atom is -0.345 e. The van der Waals surface area contributed by atoms with Crippen molar-refractivity contribution < 1.29 is 9.72 Å². The molecule has 2 aromatic rings. The van der Waals surface area contributed by atoms with E-state index in [1.807, 2.05) is 24.3 Å². The molecule has 1 aliphatic rings. The number of carbonyl (C=O) groups excluding carboxylic acids is 1. The maximum Gasteiger partial charge on any atom is 0.270 e. The molecule has 0 spiro atoms. The van der Waals surface area contributed by atoms with Crippen molar-refractivity contribution in [1.29, 1.82) is 0 Å². The van der Waals surface area contributed by atoms with Gasteiger partial charge in [0.05, 0.1) is 21.6 Å². The van der Waals surface area contributed by atoms with Crippen LogP contribution in [0.2, 0.25) is 5.02 Å². The first-order valence-electron chi connectivity index (χ1n) is 7.03. The summed E-state index contributed by atoms with van der Waals surface area (Å²) in [5.74, 6) is 0.604. The van der Waals surface area contributed by atoms with Crippen molar-refractivity contribution in [3.63, 3.8) is 0 Å². The molecule has 1 N–H and O–H groups in total. The molecule has 0 aromatic heterocycles. The highest BCUT2D eigenvalue weighted by molar-refractivity contribution is 7.99. The fourth-order valence-corrected chi connectivity index (χ4v) is 3.92. The zero-order chi connectivity index (χ0) is 16.4. The van der Waals surface area contributed by atoms with Crippen molar-refractivity contribution in [2.75, 3.05) is 5.75 Å². The van der Waals surface area contributed by atoms with E-state index in [-0.39, 0.29) is 28.2 Å². The number of amides is 1. The molecule has 1 aliphatic heterocycles. The summed E-state index contributed by atoms with van der Waals surface area (Å²) >= 11 is 7.79. The van der Waals surface area contributed by atoms with Gasteiger partial charge in [0, 0.05) is 22.8 Å². The first kappa shape index (κ1) is 15.8. The maximum absolute atomic E-state index is 12.5.